The number of fused-ring (bicyclic) bond motifs is 2. The van der Waals surface area contributed by atoms with Gasteiger partial charge in [-0.25, -0.2) is 4.98 Å². The molecule has 0 fully saturated rings. The second kappa shape index (κ2) is 4.10. The lowest BCUT2D eigenvalue weighted by Gasteiger charge is -2.01. The molecule has 4 rings (SSSR count). The molecular formula is C16H13ClN2. The summed E-state index contributed by atoms with van der Waals surface area (Å²) in [4.78, 5) is 7.97. The number of nitrogens with one attached hydrogen (secondary N) is 1. The Morgan fingerprint density at radius 3 is 2.84 bits per heavy atom. The number of aromatic amines is 1. The van der Waals surface area contributed by atoms with Crippen LogP contribution in [0.25, 0.3) is 22.4 Å². The Morgan fingerprint density at radius 1 is 1.05 bits per heavy atom. The zero-order valence-electron chi connectivity index (χ0n) is 10.4. The minimum atomic E-state index is 0.696. The molecule has 0 atom stereocenters. The Morgan fingerprint density at radius 2 is 1.95 bits per heavy atom. The van der Waals surface area contributed by atoms with Crippen molar-refractivity contribution in [3.8, 4) is 11.4 Å². The fourth-order valence-electron chi connectivity index (χ4n) is 2.85. The molecule has 1 heterocycles. The lowest BCUT2D eigenvalue weighted by Crippen LogP contribution is -1.85. The molecule has 1 aliphatic rings. The van der Waals surface area contributed by atoms with E-state index in [-0.39, 0.29) is 0 Å². The Bertz CT molecular complexity index is 774. The zero-order valence-corrected chi connectivity index (χ0v) is 11.2. The molecule has 0 radical (unpaired) electrons. The van der Waals surface area contributed by atoms with Crippen molar-refractivity contribution in [3.05, 3.63) is 52.5 Å². The monoisotopic (exact) mass is 268 g/mol. The number of nitrogens with zero attached hydrogens (tertiary/aromatic N) is 1. The van der Waals surface area contributed by atoms with Gasteiger partial charge in [0.05, 0.1) is 10.5 Å². The van der Waals surface area contributed by atoms with Crippen molar-refractivity contribution < 1.29 is 0 Å². The average molecular weight is 269 g/mol. The van der Waals surface area contributed by atoms with E-state index in [0.717, 1.165) is 22.4 Å². The van der Waals surface area contributed by atoms with E-state index < -0.39 is 0 Å². The maximum Gasteiger partial charge on any atom is 0.138 e. The van der Waals surface area contributed by atoms with Gasteiger partial charge in [0.1, 0.15) is 11.3 Å². The lowest BCUT2D eigenvalue weighted by molar-refractivity contribution is 0.912. The van der Waals surface area contributed by atoms with E-state index in [9.17, 15) is 0 Å². The molecule has 0 spiro atoms. The summed E-state index contributed by atoms with van der Waals surface area (Å²) in [5.74, 6) is 0.901. The minimum absolute atomic E-state index is 0.696. The zero-order chi connectivity index (χ0) is 12.8. The summed E-state index contributed by atoms with van der Waals surface area (Å²) < 4.78 is 0. The van der Waals surface area contributed by atoms with Crippen molar-refractivity contribution in [1.29, 1.82) is 0 Å². The molecule has 1 aromatic heterocycles. The van der Waals surface area contributed by atoms with Crippen molar-refractivity contribution in [2.45, 2.75) is 19.3 Å². The first kappa shape index (κ1) is 11.1. The van der Waals surface area contributed by atoms with Crippen LogP contribution >= 0.6 is 11.6 Å². The molecule has 2 aromatic carbocycles. The third kappa shape index (κ3) is 1.75. The van der Waals surface area contributed by atoms with E-state index in [2.05, 4.69) is 28.2 Å². The maximum absolute atomic E-state index is 6.17. The Balaban J connectivity index is 1.88. The van der Waals surface area contributed by atoms with Gasteiger partial charge in [-0.15, -0.1) is 0 Å². The van der Waals surface area contributed by atoms with Gasteiger partial charge in [0.15, 0.2) is 0 Å². The van der Waals surface area contributed by atoms with Crippen LogP contribution < -0.4 is 0 Å². The van der Waals surface area contributed by atoms with E-state index in [1.807, 2.05) is 18.2 Å². The van der Waals surface area contributed by atoms with Crippen LogP contribution in [0.4, 0.5) is 0 Å². The minimum Gasteiger partial charge on any atom is -0.338 e. The van der Waals surface area contributed by atoms with Gasteiger partial charge in [-0.3, -0.25) is 0 Å². The SMILES string of the molecule is Clc1cccc2[nH]c(-c3ccc4c(c3)CCC4)nc12. The standard InChI is InChI=1S/C16H13ClN2/c17-13-5-2-6-14-15(13)19-16(18-14)12-8-7-10-3-1-4-11(10)9-12/h2,5-9H,1,3-4H2,(H,18,19). The number of H-pyrrole nitrogens is 1. The summed E-state index contributed by atoms with van der Waals surface area (Å²) in [7, 11) is 0. The van der Waals surface area contributed by atoms with Gasteiger partial charge in [-0.1, -0.05) is 29.8 Å². The maximum atomic E-state index is 6.17. The van der Waals surface area contributed by atoms with Crippen molar-refractivity contribution in [2.24, 2.45) is 0 Å². The number of aromatic nitrogens is 2. The van der Waals surface area contributed by atoms with Crippen LogP contribution in [0, 0.1) is 0 Å². The summed E-state index contributed by atoms with van der Waals surface area (Å²) in [6.45, 7) is 0. The highest BCUT2D eigenvalue weighted by Gasteiger charge is 2.13. The summed E-state index contributed by atoms with van der Waals surface area (Å²) in [6, 6.07) is 12.5. The van der Waals surface area contributed by atoms with Crippen molar-refractivity contribution in [3.63, 3.8) is 0 Å². The normalized spacial score (nSPS) is 13.9. The van der Waals surface area contributed by atoms with E-state index in [0.29, 0.717) is 5.02 Å². The first-order valence-corrected chi connectivity index (χ1v) is 6.95. The van der Waals surface area contributed by atoms with Crippen molar-refractivity contribution in [1.82, 2.24) is 9.97 Å². The molecule has 1 aliphatic carbocycles. The molecule has 0 saturated heterocycles. The molecule has 94 valence electrons. The molecule has 3 aromatic rings. The lowest BCUT2D eigenvalue weighted by atomic mass is 10.1. The summed E-state index contributed by atoms with van der Waals surface area (Å²) in [5.41, 5.74) is 5.93. The third-order valence-corrected chi connectivity index (χ3v) is 4.14. The van der Waals surface area contributed by atoms with Gasteiger partial charge < -0.3 is 4.98 Å². The molecule has 0 bridgehead atoms. The highest BCUT2D eigenvalue weighted by Crippen LogP contribution is 2.29. The van der Waals surface area contributed by atoms with Crippen LogP contribution in [-0.2, 0) is 12.8 Å². The number of hydrogen-bond acceptors (Lipinski definition) is 1. The van der Waals surface area contributed by atoms with Crippen LogP contribution in [0.15, 0.2) is 36.4 Å². The molecule has 3 heteroatoms. The highest BCUT2D eigenvalue weighted by atomic mass is 35.5. The van der Waals surface area contributed by atoms with Gasteiger partial charge in [0.2, 0.25) is 0 Å². The van der Waals surface area contributed by atoms with E-state index in [1.54, 1.807) is 0 Å². The second-order valence-electron chi connectivity index (χ2n) is 5.06. The van der Waals surface area contributed by atoms with Gasteiger partial charge in [0.25, 0.3) is 0 Å². The number of aryl methyl sites for hydroxylation is 2. The molecule has 1 N–H and O–H groups in total. The third-order valence-electron chi connectivity index (χ3n) is 3.84. The molecular weight excluding hydrogens is 256 g/mol. The summed E-state index contributed by atoms with van der Waals surface area (Å²) in [6.07, 6.45) is 3.66. The van der Waals surface area contributed by atoms with Crippen LogP contribution in [-0.4, -0.2) is 9.97 Å². The topological polar surface area (TPSA) is 28.7 Å². The predicted molar refractivity (Wildman–Crippen MR) is 78.6 cm³/mol. The molecule has 19 heavy (non-hydrogen) atoms. The summed E-state index contributed by atoms with van der Waals surface area (Å²) >= 11 is 6.17. The molecule has 0 saturated carbocycles. The first-order valence-electron chi connectivity index (χ1n) is 6.58. The van der Waals surface area contributed by atoms with Gasteiger partial charge in [0, 0.05) is 5.56 Å². The largest absolute Gasteiger partial charge is 0.338 e. The average Bonchev–Trinajstić information content (AvgIpc) is 3.04. The smallest absolute Gasteiger partial charge is 0.138 e. The van der Waals surface area contributed by atoms with Crippen molar-refractivity contribution in [2.75, 3.05) is 0 Å². The van der Waals surface area contributed by atoms with E-state index >= 15 is 0 Å². The number of hydrogen-bond donors (Lipinski definition) is 1. The Kier molecular flexibility index (Phi) is 2.39. The highest BCUT2D eigenvalue weighted by molar-refractivity contribution is 6.34. The van der Waals surface area contributed by atoms with E-state index in [1.165, 1.54) is 30.4 Å². The molecule has 0 aliphatic heterocycles. The first-order chi connectivity index (χ1) is 9.31. The van der Waals surface area contributed by atoms with Crippen LogP contribution in [0.5, 0.6) is 0 Å². The van der Waals surface area contributed by atoms with Gasteiger partial charge in [-0.05, 0) is 48.6 Å². The van der Waals surface area contributed by atoms with Crippen LogP contribution in [0.2, 0.25) is 5.02 Å². The molecule has 2 nitrogen and oxygen atoms in total. The Hall–Kier alpha value is -1.80. The fraction of sp³-hybridized carbons (Fsp3) is 0.188. The number of benzene rings is 2. The number of imidazole rings is 1. The molecule has 0 unspecified atom stereocenters. The van der Waals surface area contributed by atoms with Crippen molar-refractivity contribution >= 4 is 22.6 Å². The van der Waals surface area contributed by atoms with Crippen LogP contribution in [0.1, 0.15) is 17.5 Å². The predicted octanol–water partition coefficient (Wildman–Crippen LogP) is 4.37. The van der Waals surface area contributed by atoms with Crippen LogP contribution in [0.3, 0.4) is 0 Å². The summed E-state index contributed by atoms with van der Waals surface area (Å²) in [5, 5.41) is 0.696. The van der Waals surface area contributed by atoms with E-state index in [4.69, 9.17) is 11.6 Å². The Labute approximate surface area is 116 Å². The second-order valence-corrected chi connectivity index (χ2v) is 5.47. The van der Waals surface area contributed by atoms with Gasteiger partial charge >= 0.3 is 0 Å². The number of para-hydroxylation sites is 1. The quantitative estimate of drug-likeness (QED) is 0.697. The van der Waals surface area contributed by atoms with Gasteiger partial charge in [-0.2, -0.15) is 0 Å². The fourth-order valence-corrected chi connectivity index (χ4v) is 3.07. The molecule has 0 amide bonds. The number of rotatable bonds is 1. The number of halogens is 1.